The van der Waals surface area contributed by atoms with E-state index in [2.05, 4.69) is 11.2 Å². The van der Waals surface area contributed by atoms with Crippen LogP contribution in [0, 0.1) is 11.3 Å². The molecular formula is C16H16ClN3. The third-order valence-electron chi connectivity index (χ3n) is 4.00. The van der Waals surface area contributed by atoms with E-state index in [4.69, 9.17) is 16.9 Å². The highest BCUT2D eigenvalue weighted by molar-refractivity contribution is 6.31. The summed E-state index contributed by atoms with van der Waals surface area (Å²) in [7, 11) is 0. The lowest BCUT2D eigenvalue weighted by Crippen LogP contribution is -2.13. The molecule has 1 aliphatic carbocycles. The molecule has 0 saturated carbocycles. The quantitative estimate of drug-likeness (QED) is 0.858. The number of aromatic nitrogens is 2. The van der Waals surface area contributed by atoms with Crippen molar-refractivity contribution in [3.8, 4) is 6.07 Å². The van der Waals surface area contributed by atoms with Gasteiger partial charge in [0.05, 0.1) is 18.8 Å². The maximum Gasteiger partial charge on any atom is 0.0677 e. The number of fused-ring (bicyclic) bond motifs is 1. The fourth-order valence-electron chi connectivity index (χ4n) is 2.96. The Bertz CT molecular complexity index is 654. The number of hydrogen-bond acceptors (Lipinski definition) is 2. The highest BCUT2D eigenvalue weighted by Gasteiger charge is 2.24. The second kappa shape index (κ2) is 5.68. The fourth-order valence-corrected chi connectivity index (χ4v) is 3.15. The first-order chi connectivity index (χ1) is 9.79. The van der Waals surface area contributed by atoms with Crippen molar-refractivity contribution >= 4 is 11.6 Å². The summed E-state index contributed by atoms with van der Waals surface area (Å²) < 4.78 is 2.04. The normalized spacial score (nSPS) is 17.5. The lowest BCUT2D eigenvalue weighted by molar-refractivity contribution is 0.532. The molecule has 1 atom stereocenters. The van der Waals surface area contributed by atoms with Crippen LogP contribution in [0.25, 0.3) is 0 Å². The summed E-state index contributed by atoms with van der Waals surface area (Å²) in [5.41, 5.74) is 3.61. The van der Waals surface area contributed by atoms with E-state index in [1.54, 1.807) is 0 Å². The van der Waals surface area contributed by atoms with Crippen LogP contribution in [0.3, 0.4) is 0 Å². The Morgan fingerprint density at radius 2 is 2.25 bits per heavy atom. The maximum atomic E-state index is 8.93. The van der Waals surface area contributed by atoms with Gasteiger partial charge < -0.3 is 0 Å². The van der Waals surface area contributed by atoms with Crippen molar-refractivity contribution in [2.75, 3.05) is 0 Å². The summed E-state index contributed by atoms with van der Waals surface area (Å²) >= 11 is 6.22. The Morgan fingerprint density at radius 3 is 3.05 bits per heavy atom. The average Bonchev–Trinajstić information content (AvgIpc) is 2.86. The molecule has 3 rings (SSSR count). The molecule has 1 heterocycles. The molecular weight excluding hydrogens is 270 g/mol. The van der Waals surface area contributed by atoms with E-state index in [-0.39, 0.29) is 0 Å². The van der Waals surface area contributed by atoms with Crippen LogP contribution in [0.5, 0.6) is 0 Å². The molecule has 0 saturated heterocycles. The molecule has 0 bridgehead atoms. The van der Waals surface area contributed by atoms with Gasteiger partial charge >= 0.3 is 0 Å². The molecule has 0 radical (unpaired) electrons. The monoisotopic (exact) mass is 285 g/mol. The highest BCUT2D eigenvalue weighted by Crippen LogP contribution is 2.34. The molecule has 0 spiro atoms. The first kappa shape index (κ1) is 13.2. The molecule has 102 valence electrons. The van der Waals surface area contributed by atoms with Crippen LogP contribution in [-0.2, 0) is 13.0 Å². The predicted molar refractivity (Wildman–Crippen MR) is 78.7 cm³/mol. The Morgan fingerprint density at radius 1 is 1.40 bits per heavy atom. The lowest BCUT2D eigenvalue weighted by atomic mass is 9.85. The Labute approximate surface area is 123 Å². The molecule has 1 unspecified atom stereocenters. The van der Waals surface area contributed by atoms with Crippen LogP contribution in [0.1, 0.15) is 42.0 Å². The summed E-state index contributed by atoms with van der Waals surface area (Å²) in [6.45, 7) is 0.703. The second-order valence-corrected chi connectivity index (χ2v) is 5.65. The first-order valence-electron chi connectivity index (χ1n) is 6.94. The van der Waals surface area contributed by atoms with Crippen molar-refractivity contribution < 1.29 is 0 Å². The minimum Gasteiger partial charge on any atom is -0.265 e. The number of halogens is 1. The molecule has 3 nitrogen and oxygen atoms in total. The Kier molecular flexibility index (Phi) is 3.75. The Hall–Kier alpha value is -1.79. The van der Waals surface area contributed by atoms with Crippen LogP contribution in [0.15, 0.2) is 30.5 Å². The fraction of sp³-hybridized carbons (Fsp3) is 0.375. The number of benzene rings is 1. The van der Waals surface area contributed by atoms with Gasteiger partial charge in [0.1, 0.15) is 0 Å². The van der Waals surface area contributed by atoms with Gasteiger partial charge in [-0.1, -0.05) is 29.8 Å². The maximum absolute atomic E-state index is 8.93. The largest absolute Gasteiger partial charge is 0.265 e. The number of hydrogen-bond donors (Lipinski definition) is 0. The topological polar surface area (TPSA) is 41.6 Å². The van der Waals surface area contributed by atoms with Crippen molar-refractivity contribution in [1.82, 2.24) is 9.78 Å². The van der Waals surface area contributed by atoms with Gasteiger partial charge in [-0.3, -0.25) is 4.68 Å². The molecule has 1 aromatic carbocycles. The summed E-state index contributed by atoms with van der Waals surface area (Å²) in [6.07, 6.45) is 5.80. The third-order valence-corrected chi connectivity index (χ3v) is 4.37. The van der Waals surface area contributed by atoms with Gasteiger partial charge in [0.25, 0.3) is 0 Å². The van der Waals surface area contributed by atoms with Crippen molar-refractivity contribution in [2.24, 2.45) is 0 Å². The van der Waals surface area contributed by atoms with Crippen LogP contribution < -0.4 is 0 Å². The smallest absolute Gasteiger partial charge is 0.0677 e. The minimum atomic E-state index is 0.351. The van der Waals surface area contributed by atoms with Crippen molar-refractivity contribution in [3.63, 3.8) is 0 Å². The number of rotatable bonds is 3. The third kappa shape index (κ3) is 2.44. The molecule has 0 aliphatic heterocycles. The molecule has 2 aromatic rings. The molecule has 4 heteroatoms. The van der Waals surface area contributed by atoms with Gasteiger partial charge in [0.2, 0.25) is 0 Å². The highest BCUT2D eigenvalue weighted by atomic mass is 35.5. The van der Waals surface area contributed by atoms with Gasteiger partial charge in [-0.15, -0.1) is 0 Å². The molecule has 0 N–H and O–H groups in total. The van der Waals surface area contributed by atoms with Gasteiger partial charge in [-0.2, -0.15) is 10.4 Å². The zero-order chi connectivity index (χ0) is 13.9. The first-order valence-corrected chi connectivity index (χ1v) is 7.32. The van der Waals surface area contributed by atoms with Crippen molar-refractivity contribution in [2.45, 2.75) is 38.1 Å². The molecule has 1 aliphatic rings. The van der Waals surface area contributed by atoms with Crippen molar-refractivity contribution in [3.05, 3.63) is 52.3 Å². The van der Waals surface area contributed by atoms with Crippen LogP contribution in [0.2, 0.25) is 5.02 Å². The van der Waals surface area contributed by atoms with E-state index in [9.17, 15) is 0 Å². The summed E-state index contributed by atoms with van der Waals surface area (Å²) in [5, 5.41) is 14.2. The van der Waals surface area contributed by atoms with E-state index in [1.807, 2.05) is 35.1 Å². The van der Waals surface area contributed by atoms with E-state index in [0.717, 1.165) is 29.8 Å². The van der Waals surface area contributed by atoms with Gasteiger partial charge in [-0.25, -0.2) is 0 Å². The predicted octanol–water partition coefficient (Wildman–Crippen LogP) is 3.92. The molecule has 0 fully saturated rings. The van der Waals surface area contributed by atoms with E-state index in [0.29, 0.717) is 18.9 Å². The van der Waals surface area contributed by atoms with Gasteiger partial charge in [-0.05, 0) is 36.5 Å². The van der Waals surface area contributed by atoms with Gasteiger partial charge in [0, 0.05) is 23.1 Å². The number of nitrogens with zero attached hydrogens (tertiary/aromatic N) is 3. The van der Waals surface area contributed by atoms with Crippen LogP contribution in [-0.4, -0.2) is 9.78 Å². The SMILES string of the molecule is N#CCC1CCCc2c1cnn2Cc1ccccc1Cl. The zero-order valence-electron chi connectivity index (χ0n) is 11.2. The van der Waals surface area contributed by atoms with Gasteiger partial charge in [0.15, 0.2) is 0 Å². The van der Waals surface area contributed by atoms with E-state index in [1.165, 1.54) is 11.3 Å². The molecule has 20 heavy (non-hydrogen) atoms. The summed E-state index contributed by atoms with van der Waals surface area (Å²) in [6, 6.07) is 10.2. The Balaban J connectivity index is 1.90. The standard InChI is InChI=1S/C16H16ClN3/c17-15-6-2-1-4-13(15)11-20-16-7-3-5-12(8-9-18)14(16)10-19-20/h1-2,4,6,10,12H,3,5,7-8,11H2. The summed E-state index contributed by atoms with van der Waals surface area (Å²) in [5.74, 6) is 0.351. The minimum absolute atomic E-state index is 0.351. The summed E-state index contributed by atoms with van der Waals surface area (Å²) in [4.78, 5) is 0. The van der Waals surface area contributed by atoms with Crippen LogP contribution >= 0.6 is 11.6 Å². The zero-order valence-corrected chi connectivity index (χ0v) is 12.0. The molecule has 0 amide bonds. The second-order valence-electron chi connectivity index (χ2n) is 5.25. The number of nitriles is 1. The van der Waals surface area contributed by atoms with Crippen LogP contribution in [0.4, 0.5) is 0 Å². The van der Waals surface area contributed by atoms with E-state index < -0.39 is 0 Å². The average molecular weight is 286 g/mol. The van der Waals surface area contributed by atoms with Crippen molar-refractivity contribution in [1.29, 1.82) is 5.26 Å². The van der Waals surface area contributed by atoms with E-state index >= 15 is 0 Å². The lowest BCUT2D eigenvalue weighted by Gasteiger charge is -2.21. The molecule has 1 aromatic heterocycles.